The molecule has 0 amide bonds. The van der Waals surface area contributed by atoms with E-state index in [0.29, 0.717) is 0 Å². The summed E-state index contributed by atoms with van der Waals surface area (Å²) in [5.41, 5.74) is 7.68. The van der Waals surface area contributed by atoms with Crippen molar-refractivity contribution in [3.8, 4) is 0 Å². The Morgan fingerprint density at radius 1 is 1.00 bits per heavy atom. The average Bonchev–Trinajstić information content (AvgIpc) is 2.40. The number of hydrogen-bond acceptors (Lipinski definition) is 2. The number of nitrogens with two attached hydrogens (primary N) is 1. The fraction of sp³-hybridized carbons (Fsp3) is 0.647. The van der Waals surface area contributed by atoms with E-state index in [2.05, 4.69) is 37.8 Å². The lowest BCUT2D eigenvalue weighted by molar-refractivity contribution is 0.199. The maximum absolute atomic E-state index is 6.76. The van der Waals surface area contributed by atoms with Crippen molar-refractivity contribution in [2.75, 3.05) is 19.6 Å². The molecule has 1 aromatic rings. The normalized spacial score (nSPS) is 14.5. The van der Waals surface area contributed by atoms with Gasteiger partial charge >= 0.3 is 0 Å². The van der Waals surface area contributed by atoms with Crippen molar-refractivity contribution in [1.82, 2.24) is 4.90 Å². The van der Waals surface area contributed by atoms with Gasteiger partial charge < -0.3 is 10.6 Å². The second-order valence-electron chi connectivity index (χ2n) is 5.69. The lowest BCUT2D eigenvalue weighted by Gasteiger charge is -2.36. The maximum atomic E-state index is 6.76. The molecule has 0 aromatic heterocycles. The molecular weight excluding hydrogens is 268 g/mol. The van der Waals surface area contributed by atoms with Gasteiger partial charge in [0.05, 0.1) is 5.54 Å². The van der Waals surface area contributed by atoms with Crippen molar-refractivity contribution in [3.05, 3.63) is 34.9 Å². The SMILES string of the molecule is CCCN(CCC)CC(N)(CCC)c1ccc(Cl)cc1. The highest BCUT2D eigenvalue weighted by molar-refractivity contribution is 6.30. The number of halogens is 1. The minimum atomic E-state index is -0.274. The molecule has 0 saturated carbocycles. The molecule has 1 aromatic carbocycles. The summed E-state index contributed by atoms with van der Waals surface area (Å²) in [7, 11) is 0. The van der Waals surface area contributed by atoms with Gasteiger partial charge in [0.1, 0.15) is 0 Å². The van der Waals surface area contributed by atoms with E-state index in [0.717, 1.165) is 37.5 Å². The van der Waals surface area contributed by atoms with Crippen LogP contribution >= 0.6 is 11.6 Å². The van der Waals surface area contributed by atoms with E-state index in [4.69, 9.17) is 17.3 Å². The van der Waals surface area contributed by atoms with E-state index in [9.17, 15) is 0 Å². The highest BCUT2D eigenvalue weighted by Crippen LogP contribution is 2.26. The van der Waals surface area contributed by atoms with E-state index < -0.39 is 0 Å². The van der Waals surface area contributed by atoms with Crippen LogP contribution in [-0.4, -0.2) is 24.5 Å². The summed E-state index contributed by atoms with van der Waals surface area (Å²) in [5.74, 6) is 0. The number of rotatable bonds is 9. The van der Waals surface area contributed by atoms with Crippen molar-refractivity contribution >= 4 is 11.6 Å². The van der Waals surface area contributed by atoms with Gasteiger partial charge in [-0.05, 0) is 50.0 Å². The molecule has 114 valence electrons. The van der Waals surface area contributed by atoms with Gasteiger partial charge in [0.15, 0.2) is 0 Å². The van der Waals surface area contributed by atoms with Crippen LogP contribution in [0.4, 0.5) is 0 Å². The Morgan fingerprint density at radius 3 is 2.00 bits per heavy atom. The Hall–Kier alpha value is -0.570. The smallest absolute Gasteiger partial charge is 0.0538 e. The van der Waals surface area contributed by atoms with Crippen molar-refractivity contribution in [2.45, 2.75) is 52.0 Å². The van der Waals surface area contributed by atoms with Crippen molar-refractivity contribution in [2.24, 2.45) is 5.73 Å². The third-order valence-electron chi connectivity index (χ3n) is 3.70. The summed E-state index contributed by atoms with van der Waals surface area (Å²) in [6.45, 7) is 9.80. The standard InChI is InChI=1S/C17H29ClN2/c1-4-11-17(19,14-20(12-5-2)13-6-3)15-7-9-16(18)10-8-15/h7-10H,4-6,11-14,19H2,1-3H3. The number of nitrogens with zero attached hydrogens (tertiary/aromatic N) is 1. The minimum Gasteiger partial charge on any atom is -0.320 e. The van der Waals surface area contributed by atoms with Crippen molar-refractivity contribution in [3.63, 3.8) is 0 Å². The molecule has 0 heterocycles. The molecule has 3 heteroatoms. The molecule has 2 nitrogen and oxygen atoms in total. The van der Waals surface area contributed by atoms with Crippen LogP contribution in [0.5, 0.6) is 0 Å². The maximum Gasteiger partial charge on any atom is 0.0538 e. The van der Waals surface area contributed by atoms with Crippen LogP contribution in [0.25, 0.3) is 0 Å². The van der Waals surface area contributed by atoms with Crippen molar-refractivity contribution in [1.29, 1.82) is 0 Å². The molecule has 0 bridgehead atoms. The molecule has 0 saturated heterocycles. The summed E-state index contributed by atoms with van der Waals surface area (Å²) >= 11 is 5.99. The largest absolute Gasteiger partial charge is 0.320 e. The Bertz CT molecular complexity index is 371. The first-order valence-electron chi connectivity index (χ1n) is 7.83. The molecule has 1 rings (SSSR count). The van der Waals surface area contributed by atoms with E-state index in [1.54, 1.807) is 0 Å². The molecule has 0 radical (unpaired) electrons. The zero-order valence-electron chi connectivity index (χ0n) is 13.2. The van der Waals surface area contributed by atoms with Crippen LogP contribution in [0.3, 0.4) is 0 Å². The van der Waals surface area contributed by atoms with Crippen LogP contribution in [0.15, 0.2) is 24.3 Å². The second kappa shape index (κ2) is 8.66. The van der Waals surface area contributed by atoms with Crippen LogP contribution in [0.1, 0.15) is 52.0 Å². The molecular formula is C17H29ClN2. The molecule has 0 fully saturated rings. The monoisotopic (exact) mass is 296 g/mol. The number of benzene rings is 1. The van der Waals surface area contributed by atoms with Crippen LogP contribution < -0.4 is 5.73 Å². The van der Waals surface area contributed by atoms with Crippen LogP contribution in [0.2, 0.25) is 5.02 Å². The second-order valence-corrected chi connectivity index (χ2v) is 6.13. The molecule has 2 N–H and O–H groups in total. The molecule has 0 aliphatic heterocycles. The van der Waals surface area contributed by atoms with Gasteiger partial charge in [-0.3, -0.25) is 0 Å². The minimum absolute atomic E-state index is 0.274. The lowest BCUT2D eigenvalue weighted by atomic mass is 9.86. The summed E-state index contributed by atoms with van der Waals surface area (Å²) < 4.78 is 0. The third-order valence-corrected chi connectivity index (χ3v) is 3.95. The molecule has 1 atom stereocenters. The quantitative estimate of drug-likeness (QED) is 0.731. The first-order chi connectivity index (χ1) is 9.55. The van der Waals surface area contributed by atoms with Gasteiger partial charge in [0, 0.05) is 11.6 Å². The third kappa shape index (κ3) is 5.08. The fourth-order valence-electron chi connectivity index (χ4n) is 2.84. The summed E-state index contributed by atoms with van der Waals surface area (Å²) in [6.07, 6.45) is 4.43. The first kappa shape index (κ1) is 17.5. The lowest BCUT2D eigenvalue weighted by Crippen LogP contribution is -2.48. The first-order valence-corrected chi connectivity index (χ1v) is 8.20. The number of hydrogen-bond donors (Lipinski definition) is 1. The topological polar surface area (TPSA) is 29.3 Å². The van der Waals surface area contributed by atoms with Gasteiger partial charge in [-0.1, -0.05) is 50.9 Å². The highest BCUT2D eigenvalue weighted by atomic mass is 35.5. The Morgan fingerprint density at radius 2 is 1.55 bits per heavy atom. The van der Waals surface area contributed by atoms with Gasteiger partial charge in [-0.25, -0.2) is 0 Å². The molecule has 0 spiro atoms. The predicted molar refractivity (Wildman–Crippen MR) is 89.2 cm³/mol. The summed E-state index contributed by atoms with van der Waals surface area (Å²) in [4.78, 5) is 2.49. The van der Waals surface area contributed by atoms with E-state index in [1.807, 2.05) is 12.1 Å². The summed E-state index contributed by atoms with van der Waals surface area (Å²) in [6, 6.07) is 8.04. The summed E-state index contributed by atoms with van der Waals surface area (Å²) in [5, 5.41) is 0.770. The van der Waals surface area contributed by atoms with E-state index in [1.165, 1.54) is 18.4 Å². The zero-order chi connectivity index (χ0) is 15.0. The molecule has 0 aliphatic carbocycles. The average molecular weight is 297 g/mol. The van der Waals surface area contributed by atoms with Gasteiger partial charge in [0.25, 0.3) is 0 Å². The molecule has 20 heavy (non-hydrogen) atoms. The fourth-order valence-corrected chi connectivity index (χ4v) is 2.97. The van der Waals surface area contributed by atoms with E-state index in [-0.39, 0.29) is 5.54 Å². The Labute approximate surface area is 129 Å². The molecule has 0 aliphatic rings. The van der Waals surface area contributed by atoms with Gasteiger partial charge in [0.2, 0.25) is 0 Å². The highest BCUT2D eigenvalue weighted by Gasteiger charge is 2.28. The Balaban J connectivity index is 2.91. The van der Waals surface area contributed by atoms with Crippen LogP contribution in [0, 0.1) is 0 Å². The van der Waals surface area contributed by atoms with Crippen molar-refractivity contribution < 1.29 is 0 Å². The zero-order valence-corrected chi connectivity index (χ0v) is 13.9. The van der Waals surface area contributed by atoms with Gasteiger partial charge in [-0.2, -0.15) is 0 Å². The van der Waals surface area contributed by atoms with E-state index >= 15 is 0 Å². The van der Waals surface area contributed by atoms with Crippen LogP contribution in [-0.2, 0) is 5.54 Å². The van der Waals surface area contributed by atoms with Gasteiger partial charge in [-0.15, -0.1) is 0 Å². The molecule has 1 unspecified atom stereocenters. The Kier molecular flexibility index (Phi) is 7.57. The predicted octanol–water partition coefficient (Wildman–Crippen LogP) is 4.42.